The zero-order chi connectivity index (χ0) is 11.4. The van der Waals surface area contributed by atoms with E-state index in [-0.39, 0.29) is 5.97 Å². The van der Waals surface area contributed by atoms with E-state index in [9.17, 15) is 9.59 Å². The van der Waals surface area contributed by atoms with Gasteiger partial charge in [0.05, 0.1) is 6.42 Å². The van der Waals surface area contributed by atoms with Crippen LogP contribution < -0.4 is 0 Å². The number of benzene rings is 1. The summed E-state index contributed by atoms with van der Waals surface area (Å²) >= 11 is 0. The van der Waals surface area contributed by atoms with Crippen LogP contribution in [0.4, 0.5) is 0 Å². The second kappa shape index (κ2) is 4.75. The molecule has 0 spiro atoms. The molecule has 1 aliphatic rings. The van der Waals surface area contributed by atoms with Gasteiger partial charge in [-0.05, 0) is 12.0 Å². The van der Waals surface area contributed by atoms with E-state index >= 15 is 0 Å². The molecule has 0 radical (unpaired) electrons. The molecule has 0 atom stereocenters. The summed E-state index contributed by atoms with van der Waals surface area (Å²) in [6, 6.07) is 9.49. The zero-order valence-corrected chi connectivity index (χ0v) is 8.81. The van der Waals surface area contributed by atoms with Gasteiger partial charge in [0.15, 0.2) is 0 Å². The second-order valence-corrected chi connectivity index (χ2v) is 3.65. The van der Waals surface area contributed by atoms with Crippen LogP contribution in [-0.4, -0.2) is 12.3 Å². The Bertz CT molecular complexity index is 432. The van der Waals surface area contributed by atoms with Crippen LogP contribution in [0.25, 0.3) is 5.76 Å². The average molecular weight is 216 g/mol. The summed E-state index contributed by atoms with van der Waals surface area (Å²) in [5, 5.41) is 0. The first-order valence-corrected chi connectivity index (χ1v) is 5.23. The van der Waals surface area contributed by atoms with Crippen molar-refractivity contribution >= 4 is 18.0 Å². The minimum atomic E-state index is -0.236. The average Bonchev–Trinajstić information content (AvgIpc) is 2.69. The molecule has 3 heteroatoms. The summed E-state index contributed by atoms with van der Waals surface area (Å²) in [6.07, 6.45) is 2.19. The number of aldehydes is 1. The molecule has 0 saturated heterocycles. The molecule has 0 aliphatic carbocycles. The Morgan fingerprint density at radius 3 is 2.69 bits per heavy atom. The molecule has 1 heterocycles. The maximum absolute atomic E-state index is 11.2. The first-order valence-electron chi connectivity index (χ1n) is 5.23. The van der Waals surface area contributed by atoms with Crippen molar-refractivity contribution in [3.63, 3.8) is 0 Å². The lowest BCUT2D eigenvalue weighted by Gasteiger charge is -2.03. The highest BCUT2D eigenvalue weighted by Crippen LogP contribution is 2.31. The Labute approximate surface area is 93.7 Å². The summed E-state index contributed by atoms with van der Waals surface area (Å²) < 4.78 is 5.18. The van der Waals surface area contributed by atoms with E-state index in [1.54, 1.807) is 0 Å². The van der Waals surface area contributed by atoms with Gasteiger partial charge in [-0.25, -0.2) is 0 Å². The number of carbonyl (C=O) groups excluding carboxylic acids is 2. The largest absolute Gasteiger partial charge is 0.426 e. The van der Waals surface area contributed by atoms with Crippen LogP contribution >= 0.6 is 0 Å². The van der Waals surface area contributed by atoms with Gasteiger partial charge in [-0.2, -0.15) is 0 Å². The minimum Gasteiger partial charge on any atom is -0.426 e. The van der Waals surface area contributed by atoms with E-state index in [4.69, 9.17) is 4.74 Å². The van der Waals surface area contributed by atoms with Gasteiger partial charge in [0.1, 0.15) is 12.0 Å². The fraction of sp³-hybridized carbons (Fsp3) is 0.231. The molecule has 1 aromatic carbocycles. The molecule has 0 fully saturated rings. The van der Waals surface area contributed by atoms with Crippen LogP contribution in [0.3, 0.4) is 0 Å². The number of rotatable bonds is 4. The fourth-order valence-electron chi connectivity index (χ4n) is 1.76. The highest BCUT2D eigenvalue weighted by atomic mass is 16.5. The number of hydrogen-bond donors (Lipinski definition) is 0. The summed E-state index contributed by atoms with van der Waals surface area (Å²) in [5.41, 5.74) is 1.82. The third-order valence-electron chi connectivity index (χ3n) is 2.49. The predicted molar refractivity (Wildman–Crippen MR) is 59.4 cm³/mol. The molecule has 0 amide bonds. The number of carbonyl (C=O) groups is 2. The minimum absolute atomic E-state index is 0.236. The van der Waals surface area contributed by atoms with Crippen molar-refractivity contribution in [2.45, 2.75) is 19.3 Å². The van der Waals surface area contributed by atoms with Gasteiger partial charge in [0.25, 0.3) is 0 Å². The highest BCUT2D eigenvalue weighted by Gasteiger charge is 2.24. The maximum Gasteiger partial charge on any atom is 0.315 e. The molecule has 0 unspecified atom stereocenters. The van der Waals surface area contributed by atoms with Crippen LogP contribution in [0, 0.1) is 0 Å². The lowest BCUT2D eigenvalue weighted by Crippen LogP contribution is -1.93. The Morgan fingerprint density at radius 1 is 1.25 bits per heavy atom. The van der Waals surface area contributed by atoms with Crippen molar-refractivity contribution in [3.05, 3.63) is 41.5 Å². The van der Waals surface area contributed by atoms with Crippen LogP contribution in [0.5, 0.6) is 0 Å². The molecule has 0 N–H and O–H groups in total. The molecule has 0 bridgehead atoms. The summed E-state index contributed by atoms with van der Waals surface area (Å²) in [7, 11) is 0. The van der Waals surface area contributed by atoms with Gasteiger partial charge in [0, 0.05) is 12.0 Å². The topological polar surface area (TPSA) is 43.4 Å². The molecular formula is C13H12O3. The van der Waals surface area contributed by atoms with E-state index in [1.807, 2.05) is 30.3 Å². The summed E-state index contributed by atoms with van der Waals surface area (Å²) in [4.78, 5) is 21.6. The Balaban J connectivity index is 2.28. The highest BCUT2D eigenvalue weighted by molar-refractivity contribution is 5.88. The smallest absolute Gasteiger partial charge is 0.315 e. The molecule has 1 aromatic rings. The van der Waals surface area contributed by atoms with Crippen LogP contribution in [0.15, 0.2) is 35.9 Å². The van der Waals surface area contributed by atoms with Crippen LogP contribution in [0.2, 0.25) is 0 Å². The van der Waals surface area contributed by atoms with Crippen molar-refractivity contribution in [3.8, 4) is 0 Å². The predicted octanol–water partition coefficient (Wildman–Crippen LogP) is 2.32. The molecule has 2 rings (SSSR count). The van der Waals surface area contributed by atoms with Gasteiger partial charge >= 0.3 is 5.97 Å². The van der Waals surface area contributed by atoms with Crippen molar-refractivity contribution in [1.29, 1.82) is 0 Å². The molecule has 3 nitrogen and oxygen atoms in total. The number of esters is 1. The third-order valence-corrected chi connectivity index (χ3v) is 2.49. The molecule has 0 aromatic heterocycles. The van der Waals surface area contributed by atoms with Crippen molar-refractivity contribution in [2.75, 3.05) is 0 Å². The van der Waals surface area contributed by atoms with Crippen LogP contribution in [-0.2, 0) is 14.3 Å². The van der Waals surface area contributed by atoms with E-state index in [2.05, 4.69) is 0 Å². The third kappa shape index (κ3) is 2.19. The van der Waals surface area contributed by atoms with E-state index in [0.717, 1.165) is 17.4 Å². The monoisotopic (exact) mass is 216 g/mol. The lowest BCUT2D eigenvalue weighted by atomic mass is 10.0. The van der Waals surface area contributed by atoms with E-state index < -0.39 is 0 Å². The summed E-state index contributed by atoms with van der Waals surface area (Å²) in [6.45, 7) is 0. The van der Waals surface area contributed by atoms with Crippen LogP contribution in [0.1, 0.15) is 24.8 Å². The van der Waals surface area contributed by atoms with Gasteiger partial charge in [-0.15, -0.1) is 0 Å². The van der Waals surface area contributed by atoms with Crippen molar-refractivity contribution in [1.82, 2.24) is 0 Å². The number of ether oxygens (including phenoxy) is 1. The first kappa shape index (κ1) is 10.6. The standard InChI is InChI=1S/C13H12O3/c14-8-4-7-11-9-12(15)16-13(11)10-5-2-1-3-6-10/h1-3,5-6,8H,4,7,9H2. The fourth-order valence-corrected chi connectivity index (χ4v) is 1.76. The first-order chi connectivity index (χ1) is 7.81. The number of hydrogen-bond acceptors (Lipinski definition) is 3. The maximum atomic E-state index is 11.2. The van der Waals surface area contributed by atoms with Gasteiger partial charge in [-0.1, -0.05) is 30.3 Å². The Morgan fingerprint density at radius 2 is 2.00 bits per heavy atom. The quantitative estimate of drug-likeness (QED) is 0.573. The second-order valence-electron chi connectivity index (χ2n) is 3.65. The van der Waals surface area contributed by atoms with Crippen molar-refractivity contribution < 1.29 is 14.3 Å². The van der Waals surface area contributed by atoms with Gasteiger partial charge in [0.2, 0.25) is 0 Å². The summed E-state index contributed by atoms with van der Waals surface area (Å²) in [5.74, 6) is 0.396. The zero-order valence-electron chi connectivity index (χ0n) is 8.81. The molecule has 1 aliphatic heterocycles. The van der Waals surface area contributed by atoms with Crippen molar-refractivity contribution in [2.24, 2.45) is 0 Å². The lowest BCUT2D eigenvalue weighted by molar-refractivity contribution is -0.134. The van der Waals surface area contributed by atoms with Gasteiger partial charge in [-0.3, -0.25) is 4.79 Å². The Hall–Kier alpha value is -1.90. The van der Waals surface area contributed by atoms with E-state index in [1.165, 1.54) is 0 Å². The SMILES string of the molecule is O=CCCC1=C(c2ccccc2)OC(=O)C1. The van der Waals surface area contributed by atoms with Gasteiger partial charge < -0.3 is 9.53 Å². The molecular weight excluding hydrogens is 204 g/mol. The molecule has 0 saturated carbocycles. The number of cyclic esters (lactones) is 1. The molecule has 82 valence electrons. The van der Waals surface area contributed by atoms with E-state index in [0.29, 0.717) is 25.0 Å². The normalized spacial score (nSPS) is 15.1. The molecule has 16 heavy (non-hydrogen) atoms. The Kier molecular flexibility index (Phi) is 3.15.